The Morgan fingerprint density at radius 3 is 2.44 bits per heavy atom. The number of piperidine rings is 1. The first-order chi connectivity index (χ1) is 16.4. The summed E-state index contributed by atoms with van der Waals surface area (Å²) >= 11 is 0. The van der Waals surface area contributed by atoms with Gasteiger partial charge < -0.3 is 9.40 Å². The van der Waals surface area contributed by atoms with Gasteiger partial charge in [0.25, 0.3) is 0 Å². The molecule has 11 heteroatoms. The van der Waals surface area contributed by atoms with Crippen molar-refractivity contribution in [2.75, 3.05) is 19.7 Å². The van der Waals surface area contributed by atoms with Crippen LogP contribution in [0.25, 0.3) is 0 Å². The van der Waals surface area contributed by atoms with E-state index in [4.69, 9.17) is 4.84 Å². The fourth-order valence-corrected chi connectivity index (χ4v) is 4.10. The third kappa shape index (κ3) is 7.09. The van der Waals surface area contributed by atoms with Gasteiger partial charge >= 0.3 is 5.69 Å². The topological polar surface area (TPSA) is 72.6 Å². The molecule has 0 bridgehead atoms. The number of likely N-dealkylation sites (tertiary alicyclic amines) is 1. The summed E-state index contributed by atoms with van der Waals surface area (Å²) in [4.78, 5) is 27.5. The van der Waals surface area contributed by atoms with Crippen molar-refractivity contribution in [1.82, 2.24) is 19.4 Å². The lowest BCUT2D eigenvalue weighted by Gasteiger charge is -2.32. The number of aromatic nitrogens is 3. The first-order valence-corrected chi connectivity index (χ1v) is 11.3. The standard InChI is InChI=1S/C25H27F2N5O2.2ClH/c1-3-34-30-24(19-5-6-21(26)22(27)12-19)23-7-4-17(13-28-23)15-32-10-8-18(9-11-32)20-14-29-25(33)31(2)16-20;;/h4-7,12-14,16,18H,3,8-11,15H2,1-2H3;2*1H/b30-24+;;. The summed E-state index contributed by atoms with van der Waals surface area (Å²) in [5.74, 6) is -1.47. The number of nitrogens with zero attached hydrogens (tertiary/aromatic N) is 5. The molecule has 0 atom stereocenters. The molecule has 1 fully saturated rings. The quantitative estimate of drug-likeness (QED) is 0.327. The molecule has 3 heterocycles. The minimum Gasteiger partial charge on any atom is -0.396 e. The summed E-state index contributed by atoms with van der Waals surface area (Å²) in [5, 5.41) is 4.08. The zero-order valence-corrected chi connectivity index (χ0v) is 21.7. The van der Waals surface area contributed by atoms with Crippen LogP contribution in [0.3, 0.4) is 0 Å². The summed E-state index contributed by atoms with van der Waals surface area (Å²) in [7, 11) is 1.72. The molecule has 4 rings (SSSR count). The SMILES string of the molecule is CCO/N=C(\c1ccc(F)c(F)c1)c1ccc(CN2CCC(c3cnc(=O)n(C)c3)CC2)cn1.Cl.Cl. The highest BCUT2D eigenvalue weighted by atomic mass is 35.5. The number of oxime groups is 1. The van der Waals surface area contributed by atoms with Gasteiger partial charge in [-0.1, -0.05) is 11.2 Å². The molecule has 1 aliphatic rings. The minimum absolute atomic E-state index is 0. The molecule has 7 nitrogen and oxygen atoms in total. The number of hydrogen-bond acceptors (Lipinski definition) is 6. The third-order valence-electron chi connectivity index (χ3n) is 5.98. The van der Waals surface area contributed by atoms with Gasteiger partial charge in [-0.3, -0.25) is 9.88 Å². The maximum atomic E-state index is 13.8. The van der Waals surface area contributed by atoms with E-state index in [-0.39, 0.29) is 30.5 Å². The van der Waals surface area contributed by atoms with Crippen LogP contribution in [-0.4, -0.2) is 44.8 Å². The molecule has 0 saturated carbocycles. The number of rotatable bonds is 7. The summed E-state index contributed by atoms with van der Waals surface area (Å²) < 4.78 is 28.6. The van der Waals surface area contributed by atoms with Crippen molar-refractivity contribution < 1.29 is 13.6 Å². The van der Waals surface area contributed by atoms with Crippen LogP contribution in [0.2, 0.25) is 0 Å². The lowest BCUT2D eigenvalue weighted by Crippen LogP contribution is -2.33. The summed E-state index contributed by atoms with van der Waals surface area (Å²) in [6.45, 7) is 4.76. The minimum atomic E-state index is -0.949. The fraction of sp³-hybridized carbons (Fsp3) is 0.360. The zero-order chi connectivity index (χ0) is 24.1. The van der Waals surface area contributed by atoms with Crippen molar-refractivity contribution in [3.8, 4) is 0 Å². The molecule has 1 saturated heterocycles. The Morgan fingerprint density at radius 1 is 1.08 bits per heavy atom. The molecule has 0 spiro atoms. The largest absolute Gasteiger partial charge is 0.396 e. The van der Waals surface area contributed by atoms with Crippen LogP contribution in [0.4, 0.5) is 8.78 Å². The average Bonchev–Trinajstić information content (AvgIpc) is 2.85. The van der Waals surface area contributed by atoms with E-state index in [1.165, 1.54) is 10.6 Å². The lowest BCUT2D eigenvalue weighted by atomic mass is 9.91. The van der Waals surface area contributed by atoms with Crippen LogP contribution in [0, 0.1) is 11.6 Å². The maximum Gasteiger partial charge on any atom is 0.347 e. The summed E-state index contributed by atoms with van der Waals surface area (Å²) in [5.41, 5.74) is 3.17. The molecule has 0 aliphatic carbocycles. The van der Waals surface area contributed by atoms with Crippen molar-refractivity contribution in [1.29, 1.82) is 0 Å². The molecule has 194 valence electrons. The van der Waals surface area contributed by atoms with Gasteiger partial charge in [0.05, 0.1) is 5.69 Å². The second kappa shape index (κ2) is 13.4. The van der Waals surface area contributed by atoms with Crippen LogP contribution in [0.5, 0.6) is 0 Å². The van der Waals surface area contributed by atoms with E-state index in [1.807, 2.05) is 18.3 Å². The van der Waals surface area contributed by atoms with E-state index in [1.54, 1.807) is 26.4 Å². The molecular formula is C25H29Cl2F2N5O2. The smallest absolute Gasteiger partial charge is 0.347 e. The molecule has 3 aromatic rings. The molecule has 2 aromatic heterocycles. The third-order valence-corrected chi connectivity index (χ3v) is 5.98. The van der Waals surface area contributed by atoms with Crippen LogP contribution in [0.15, 0.2) is 58.9 Å². The van der Waals surface area contributed by atoms with Crippen molar-refractivity contribution in [3.05, 3.63) is 93.4 Å². The molecular weight excluding hydrogens is 511 g/mol. The number of halogens is 4. The summed E-state index contributed by atoms with van der Waals surface area (Å²) in [6, 6.07) is 7.39. The predicted molar refractivity (Wildman–Crippen MR) is 139 cm³/mol. The molecule has 1 aromatic carbocycles. The van der Waals surface area contributed by atoms with E-state index in [2.05, 4.69) is 20.0 Å². The van der Waals surface area contributed by atoms with E-state index in [0.717, 1.165) is 55.7 Å². The Balaban J connectivity index is 0.00000228. The van der Waals surface area contributed by atoms with Crippen LogP contribution >= 0.6 is 24.8 Å². The number of benzene rings is 1. The Labute approximate surface area is 221 Å². The van der Waals surface area contributed by atoms with Gasteiger partial charge in [-0.2, -0.15) is 0 Å². The van der Waals surface area contributed by atoms with E-state index in [0.29, 0.717) is 29.5 Å². The van der Waals surface area contributed by atoms with E-state index in [9.17, 15) is 13.6 Å². The van der Waals surface area contributed by atoms with Gasteiger partial charge in [0.1, 0.15) is 12.3 Å². The fourth-order valence-electron chi connectivity index (χ4n) is 4.10. The van der Waals surface area contributed by atoms with Crippen molar-refractivity contribution >= 4 is 30.5 Å². The van der Waals surface area contributed by atoms with Gasteiger partial charge in [0, 0.05) is 37.7 Å². The highest BCUT2D eigenvalue weighted by Gasteiger charge is 2.22. The van der Waals surface area contributed by atoms with Crippen LogP contribution in [0.1, 0.15) is 48.1 Å². The highest BCUT2D eigenvalue weighted by Crippen LogP contribution is 2.27. The van der Waals surface area contributed by atoms with Gasteiger partial charge in [0.15, 0.2) is 11.6 Å². The normalized spacial score (nSPS) is 14.6. The molecule has 0 unspecified atom stereocenters. The Hall–Kier alpha value is -2.88. The van der Waals surface area contributed by atoms with Crippen LogP contribution < -0.4 is 5.69 Å². The number of aryl methyl sites for hydroxylation is 1. The zero-order valence-electron chi connectivity index (χ0n) is 20.1. The van der Waals surface area contributed by atoms with E-state index < -0.39 is 11.6 Å². The average molecular weight is 540 g/mol. The van der Waals surface area contributed by atoms with Crippen molar-refractivity contribution in [2.45, 2.75) is 32.2 Å². The number of hydrogen-bond donors (Lipinski definition) is 0. The van der Waals surface area contributed by atoms with Gasteiger partial charge in [-0.05, 0) is 74.2 Å². The molecule has 0 N–H and O–H groups in total. The maximum absolute atomic E-state index is 13.8. The first kappa shape index (κ1) is 29.4. The predicted octanol–water partition coefficient (Wildman–Crippen LogP) is 4.47. The van der Waals surface area contributed by atoms with Gasteiger partial charge in [0.2, 0.25) is 0 Å². The molecule has 0 radical (unpaired) electrons. The Bertz CT molecular complexity index is 1230. The lowest BCUT2D eigenvalue weighted by molar-refractivity contribution is 0.159. The highest BCUT2D eigenvalue weighted by molar-refractivity contribution is 6.11. The van der Waals surface area contributed by atoms with Crippen molar-refractivity contribution in [2.24, 2.45) is 12.2 Å². The molecule has 0 amide bonds. The number of pyridine rings is 1. The Morgan fingerprint density at radius 2 is 1.83 bits per heavy atom. The summed E-state index contributed by atoms with van der Waals surface area (Å²) in [6.07, 6.45) is 7.34. The van der Waals surface area contributed by atoms with Gasteiger partial charge in [-0.15, -0.1) is 24.8 Å². The molecule has 36 heavy (non-hydrogen) atoms. The van der Waals surface area contributed by atoms with E-state index >= 15 is 0 Å². The van der Waals surface area contributed by atoms with Gasteiger partial charge in [-0.25, -0.2) is 18.6 Å². The van der Waals surface area contributed by atoms with Crippen LogP contribution in [-0.2, 0) is 18.4 Å². The molecule has 1 aliphatic heterocycles. The second-order valence-corrected chi connectivity index (χ2v) is 8.37. The monoisotopic (exact) mass is 539 g/mol. The Kier molecular flexibility index (Phi) is 11.0. The van der Waals surface area contributed by atoms with Crippen molar-refractivity contribution in [3.63, 3.8) is 0 Å². The second-order valence-electron chi connectivity index (χ2n) is 8.37. The first-order valence-electron chi connectivity index (χ1n) is 11.3.